The van der Waals surface area contributed by atoms with Gasteiger partial charge in [-0.2, -0.15) is 18.3 Å². The Bertz CT molecular complexity index is 537. The predicted octanol–water partition coefficient (Wildman–Crippen LogP) is 1.49. The fraction of sp³-hybridized carbons (Fsp3) is 0.444. The van der Waals surface area contributed by atoms with E-state index in [1.54, 1.807) is 6.07 Å². The molecule has 3 rings (SSSR count). The minimum absolute atomic E-state index is 0.159. The Morgan fingerprint density at radius 1 is 1.38 bits per heavy atom. The van der Waals surface area contributed by atoms with Crippen LogP contribution in [0.25, 0.3) is 11.0 Å². The molecule has 0 fully saturated rings. The molecule has 0 amide bonds. The number of alkyl halides is 3. The van der Waals surface area contributed by atoms with Crippen LogP contribution in [0.4, 0.5) is 13.2 Å². The zero-order valence-electron chi connectivity index (χ0n) is 8.23. The van der Waals surface area contributed by atoms with Gasteiger partial charge in [0.1, 0.15) is 5.69 Å². The molecule has 2 aromatic heterocycles. The number of aromatic amines is 1. The molecule has 1 aliphatic heterocycles. The number of nitrogens with one attached hydrogen (secondary N) is 2. The third kappa shape index (κ3) is 1.24. The van der Waals surface area contributed by atoms with E-state index in [1.807, 2.05) is 4.57 Å². The van der Waals surface area contributed by atoms with Crippen molar-refractivity contribution in [3.63, 3.8) is 0 Å². The van der Waals surface area contributed by atoms with Gasteiger partial charge in [-0.25, -0.2) is 0 Å². The number of fused-ring (bicyclic) bond motifs is 3. The lowest BCUT2D eigenvalue weighted by Gasteiger charge is -2.15. The molecule has 0 aliphatic carbocycles. The first kappa shape index (κ1) is 9.71. The van der Waals surface area contributed by atoms with Crippen LogP contribution in [-0.2, 0) is 19.3 Å². The van der Waals surface area contributed by atoms with E-state index in [0.717, 1.165) is 12.2 Å². The van der Waals surface area contributed by atoms with Gasteiger partial charge in [-0.1, -0.05) is 0 Å². The van der Waals surface area contributed by atoms with Crippen LogP contribution in [0, 0.1) is 0 Å². The first-order chi connectivity index (χ1) is 7.57. The van der Waals surface area contributed by atoms with Crippen molar-refractivity contribution in [1.29, 1.82) is 0 Å². The second kappa shape index (κ2) is 3.00. The van der Waals surface area contributed by atoms with Gasteiger partial charge in [0.15, 0.2) is 5.65 Å². The van der Waals surface area contributed by atoms with Crippen molar-refractivity contribution in [3.05, 3.63) is 17.5 Å². The third-order valence-electron chi connectivity index (χ3n) is 2.80. The Morgan fingerprint density at radius 3 is 2.94 bits per heavy atom. The van der Waals surface area contributed by atoms with Crippen molar-refractivity contribution < 1.29 is 13.2 Å². The van der Waals surface area contributed by atoms with E-state index < -0.39 is 11.9 Å². The summed E-state index contributed by atoms with van der Waals surface area (Å²) in [4.78, 5) is 0. The van der Waals surface area contributed by atoms with E-state index in [0.29, 0.717) is 18.7 Å². The van der Waals surface area contributed by atoms with Crippen LogP contribution in [0.3, 0.4) is 0 Å². The largest absolute Gasteiger partial charge is 0.433 e. The quantitative estimate of drug-likeness (QED) is 0.720. The lowest BCUT2D eigenvalue weighted by atomic mass is 10.3. The third-order valence-corrected chi connectivity index (χ3v) is 2.80. The highest BCUT2D eigenvalue weighted by Gasteiger charge is 2.36. The number of hydrogen-bond acceptors (Lipinski definition) is 2. The highest BCUT2D eigenvalue weighted by molar-refractivity contribution is 5.81. The molecule has 4 nitrogen and oxygen atoms in total. The second-order valence-corrected chi connectivity index (χ2v) is 3.80. The maximum absolute atomic E-state index is 12.6. The van der Waals surface area contributed by atoms with E-state index in [4.69, 9.17) is 0 Å². The van der Waals surface area contributed by atoms with E-state index in [9.17, 15) is 13.2 Å². The van der Waals surface area contributed by atoms with Crippen molar-refractivity contribution >= 4 is 11.0 Å². The molecule has 16 heavy (non-hydrogen) atoms. The molecular weight excluding hydrogens is 221 g/mol. The number of nitrogens with zero attached hydrogens (tertiary/aromatic N) is 2. The summed E-state index contributed by atoms with van der Waals surface area (Å²) in [5.41, 5.74) is 0.483. The molecule has 0 bridgehead atoms. The summed E-state index contributed by atoms with van der Waals surface area (Å²) in [5, 5.41) is 9.08. The monoisotopic (exact) mass is 230 g/mol. The molecule has 0 unspecified atom stereocenters. The maximum Gasteiger partial charge on any atom is 0.433 e. The molecule has 2 N–H and O–H groups in total. The molecule has 1 aliphatic rings. The lowest BCUT2D eigenvalue weighted by Crippen LogP contribution is -2.27. The average molecular weight is 230 g/mol. The van der Waals surface area contributed by atoms with E-state index in [1.165, 1.54) is 0 Å². The van der Waals surface area contributed by atoms with E-state index in [2.05, 4.69) is 15.5 Å². The summed E-state index contributed by atoms with van der Waals surface area (Å²) >= 11 is 0. The average Bonchev–Trinajstić information content (AvgIpc) is 2.73. The van der Waals surface area contributed by atoms with Gasteiger partial charge in [-0.3, -0.25) is 5.10 Å². The highest BCUT2D eigenvalue weighted by atomic mass is 19.4. The highest BCUT2D eigenvalue weighted by Crippen LogP contribution is 2.34. The van der Waals surface area contributed by atoms with Gasteiger partial charge >= 0.3 is 6.18 Å². The van der Waals surface area contributed by atoms with Crippen LogP contribution < -0.4 is 5.32 Å². The summed E-state index contributed by atoms with van der Waals surface area (Å²) in [6.45, 7) is 2.00. The van der Waals surface area contributed by atoms with Crippen LogP contribution in [0.2, 0.25) is 0 Å². The number of hydrogen-bond donors (Lipinski definition) is 2. The SMILES string of the molecule is FC(F)(F)c1[nH]nc2c1cc1n2CCNC1. The zero-order valence-corrected chi connectivity index (χ0v) is 8.23. The zero-order chi connectivity index (χ0) is 11.3. The van der Waals surface area contributed by atoms with Crippen molar-refractivity contribution in [1.82, 2.24) is 20.1 Å². The number of rotatable bonds is 0. The number of H-pyrrole nitrogens is 1. The van der Waals surface area contributed by atoms with Crippen molar-refractivity contribution in [2.24, 2.45) is 0 Å². The predicted molar refractivity (Wildman–Crippen MR) is 50.8 cm³/mol. The fourth-order valence-electron chi connectivity index (χ4n) is 2.08. The van der Waals surface area contributed by atoms with Crippen LogP contribution in [-0.4, -0.2) is 21.3 Å². The van der Waals surface area contributed by atoms with Crippen LogP contribution in [0.15, 0.2) is 6.07 Å². The fourth-order valence-corrected chi connectivity index (χ4v) is 2.08. The molecular formula is C9H9F3N4. The van der Waals surface area contributed by atoms with Gasteiger partial charge in [-0.15, -0.1) is 0 Å². The summed E-state index contributed by atoms with van der Waals surface area (Å²) in [6, 6.07) is 1.55. The molecule has 86 valence electrons. The summed E-state index contributed by atoms with van der Waals surface area (Å²) < 4.78 is 39.7. The van der Waals surface area contributed by atoms with Crippen molar-refractivity contribution in [2.45, 2.75) is 19.3 Å². The second-order valence-electron chi connectivity index (χ2n) is 3.80. The molecule has 0 spiro atoms. The Labute approximate surface area is 88.4 Å². The molecule has 0 radical (unpaired) electrons. The van der Waals surface area contributed by atoms with E-state index in [-0.39, 0.29) is 5.39 Å². The molecule has 0 aromatic carbocycles. The number of halogens is 3. The molecule has 7 heteroatoms. The smallest absolute Gasteiger partial charge is 0.326 e. The standard InChI is InChI=1S/C9H9F3N4/c10-9(11,12)7-6-3-5-4-13-1-2-16(5)8(6)15-14-7/h3,13H,1-2,4H2,(H,14,15). The summed E-state index contributed by atoms with van der Waals surface area (Å²) in [5.74, 6) is 0. The summed E-state index contributed by atoms with van der Waals surface area (Å²) in [7, 11) is 0. The molecule has 0 saturated heterocycles. The first-order valence-electron chi connectivity index (χ1n) is 4.92. The van der Waals surface area contributed by atoms with Gasteiger partial charge in [0.25, 0.3) is 0 Å². The minimum atomic E-state index is -4.38. The van der Waals surface area contributed by atoms with Gasteiger partial charge < -0.3 is 9.88 Å². The van der Waals surface area contributed by atoms with Gasteiger partial charge in [0.2, 0.25) is 0 Å². The molecule has 3 heterocycles. The van der Waals surface area contributed by atoms with Crippen LogP contribution in [0.1, 0.15) is 11.4 Å². The molecule has 0 atom stereocenters. The maximum atomic E-state index is 12.6. The Kier molecular flexibility index (Phi) is 1.82. The molecule has 0 saturated carbocycles. The number of aromatic nitrogens is 3. The van der Waals surface area contributed by atoms with Gasteiger partial charge in [-0.05, 0) is 6.07 Å². The Balaban J connectivity index is 2.24. The normalized spacial score (nSPS) is 16.7. The first-order valence-corrected chi connectivity index (χ1v) is 4.92. The van der Waals surface area contributed by atoms with Crippen molar-refractivity contribution in [3.8, 4) is 0 Å². The van der Waals surface area contributed by atoms with Crippen LogP contribution >= 0.6 is 0 Å². The van der Waals surface area contributed by atoms with E-state index >= 15 is 0 Å². The summed E-state index contributed by atoms with van der Waals surface area (Å²) in [6.07, 6.45) is -4.38. The minimum Gasteiger partial charge on any atom is -0.326 e. The van der Waals surface area contributed by atoms with Crippen molar-refractivity contribution in [2.75, 3.05) is 6.54 Å². The van der Waals surface area contributed by atoms with Crippen LogP contribution in [0.5, 0.6) is 0 Å². The Morgan fingerprint density at radius 2 is 2.19 bits per heavy atom. The van der Waals surface area contributed by atoms with Gasteiger partial charge in [0.05, 0.1) is 5.39 Å². The molecule has 2 aromatic rings. The lowest BCUT2D eigenvalue weighted by molar-refractivity contribution is -0.139. The Hall–Kier alpha value is -1.50. The van der Waals surface area contributed by atoms with Gasteiger partial charge in [0, 0.05) is 25.3 Å². The topological polar surface area (TPSA) is 45.6 Å².